The van der Waals surface area contributed by atoms with Crippen molar-refractivity contribution >= 4 is 23.9 Å². The summed E-state index contributed by atoms with van der Waals surface area (Å²) >= 11 is 0. The Morgan fingerprint density at radius 3 is 1.62 bits per heavy atom. The molecule has 0 spiro atoms. The first-order valence-corrected chi connectivity index (χ1v) is 7.26. The van der Waals surface area contributed by atoms with Gasteiger partial charge in [-0.3, -0.25) is 19.2 Å². The Morgan fingerprint density at radius 2 is 1.25 bits per heavy atom. The van der Waals surface area contributed by atoms with Crippen molar-refractivity contribution in [2.24, 2.45) is 0 Å². The highest BCUT2D eigenvalue weighted by molar-refractivity contribution is 5.68. The van der Waals surface area contributed by atoms with E-state index in [2.05, 4.69) is 0 Å². The monoisotopic (exact) mass is 348 g/mol. The average Bonchev–Trinajstić information content (AvgIpc) is 2.42. The fourth-order valence-corrected chi connectivity index (χ4v) is 2.06. The fraction of sp³-hybridized carbons (Fsp3) is 0.733. The molecule has 0 amide bonds. The summed E-state index contributed by atoms with van der Waals surface area (Å²) in [5.41, 5.74) is 0. The summed E-state index contributed by atoms with van der Waals surface area (Å²) in [6.45, 7) is 5.93. The van der Waals surface area contributed by atoms with E-state index < -0.39 is 48.3 Å². The minimum absolute atomic E-state index is 0.308. The first kappa shape index (κ1) is 21.8. The summed E-state index contributed by atoms with van der Waals surface area (Å²) in [6.07, 6.45) is -4.03. The highest BCUT2D eigenvalue weighted by atomic mass is 16.6. The van der Waals surface area contributed by atoms with Crippen LogP contribution in [0.25, 0.3) is 0 Å². The van der Waals surface area contributed by atoms with Gasteiger partial charge in [-0.1, -0.05) is 0 Å². The Morgan fingerprint density at radius 1 is 0.750 bits per heavy atom. The molecule has 0 radical (unpaired) electrons. The Balaban J connectivity index is 5.46. The van der Waals surface area contributed by atoms with Gasteiger partial charge in [-0.25, -0.2) is 0 Å². The topological polar surface area (TPSA) is 114 Å². The molecular weight excluding hydrogens is 324 g/mol. The summed E-state index contributed by atoms with van der Waals surface area (Å²) in [7, 11) is 1.30. The molecule has 138 valence electrons. The van der Waals surface area contributed by atoms with E-state index in [9.17, 15) is 19.2 Å². The molecular formula is C15H24O9. The summed E-state index contributed by atoms with van der Waals surface area (Å²) in [4.78, 5) is 44.8. The second-order valence-electron chi connectivity index (χ2n) is 5.04. The van der Waals surface area contributed by atoms with Gasteiger partial charge in [0.1, 0.15) is 18.8 Å². The molecule has 0 heterocycles. The third kappa shape index (κ3) is 8.47. The number of carbonyl (C=O) groups excluding carboxylic acids is 4. The van der Waals surface area contributed by atoms with Gasteiger partial charge in [0, 0.05) is 34.8 Å². The number of rotatable bonds is 9. The molecule has 0 fully saturated rings. The molecule has 9 heteroatoms. The van der Waals surface area contributed by atoms with Crippen LogP contribution in [0, 0.1) is 0 Å². The summed E-state index contributed by atoms with van der Waals surface area (Å²) in [5, 5.41) is 0. The molecule has 0 aliphatic carbocycles. The molecule has 0 aliphatic heterocycles. The maximum absolute atomic E-state index is 11.4. The minimum atomic E-state index is -1.07. The predicted molar refractivity (Wildman–Crippen MR) is 79.8 cm³/mol. The number of carbonyl (C=O) groups is 4. The van der Waals surface area contributed by atoms with Crippen molar-refractivity contribution in [3.63, 3.8) is 0 Å². The molecule has 0 aromatic heterocycles. The second kappa shape index (κ2) is 10.6. The summed E-state index contributed by atoms with van der Waals surface area (Å²) < 4.78 is 25.4. The van der Waals surface area contributed by atoms with Crippen molar-refractivity contribution < 1.29 is 42.9 Å². The number of hydrogen-bond donors (Lipinski definition) is 0. The van der Waals surface area contributed by atoms with Crippen molar-refractivity contribution in [3.8, 4) is 0 Å². The third-order valence-electron chi connectivity index (χ3n) is 2.85. The Labute approximate surface area is 140 Å². The van der Waals surface area contributed by atoms with Gasteiger partial charge >= 0.3 is 23.9 Å². The third-order valence-corrected chi connectivity index (χ3v) is 2.85. The number of hydrogen-bond acceptors (Lipinski definition) is 9. The smallest absolute Gasteiger partial charge is 0.303 e. The van der Waals surface area contributed by atoms with Crippen LogP contribution in [0.4, 0.5) is 0 Å². The van der Waals surface area contributed by atoms with E-state index in [1.54, 1.807) is 0 Å². The van der Waals surface area contributed by atoms with Crippen molar-refractivity contribution in [1.29, 1.82) is 0 Å². The molecule has 0 bridgehead atoms. The highest BCUT2D eigenvalue weighted by Gasteiger charge is 2.39. The molecule has 0 saturated carbocycles. The van der Waals surface area contributed by atoms with E-state index >= 15 is 0 Å². The van der Waals surface area contributed by atoms with Crippen LogP contribution in [0.3, 0.4) is 0 Å². The predicted octanol–water partition coefficient (Wildman–Crippen LogP) is 0.380. The van der Waals surface area contributed by atoms with Gasteiger partial charge in [-0.05, 0) is 6.92 Å². The van der Waals surface area contributed by atoms with Crippen LogP contribution >= 0.6 is 0 Å². The van der Waals surface area contributed by atoms with Crippen LogP contribution in [0.2, 0.25) is 0 Å². The van der Waals surface area contributed by atoms with E-state index in [-0.39, 0.29) is 6.61 Å². The molecule has 0 aromatic carbocycles. The van der Waals surface area contributed by atoms with Gasteiger partial charge in [-0.15, -0.1) is 0 Å². The summed E-state index contributed by atoms with van der Waals surface area (Å²) in [5.74, 6) is -2.45. The SMILES string of the molecule is CO[C@@H]([C@H](OC(C)=O)[C@@H](C)OC(C)=O)[C@@H](COC(C)=O)OC(C)=O. The normalized spacial score (nSPS) is 15.4. The standard InChI is InChI=1S/C15H24O9/c1-8(22-10(3)17)14(24-12(5)19)15(20-6)13(23-11(4)18)7-21-9(2)16/h8,13-15H,7H2,1-6H3/t8-,13-,14-,15-/m1/s1. The molecule has 24 heavy (non-hydrogen) atoms. The molecule has 9 nitrogen and oxygen atoms in total. The van der Waals surface area contributed by atoms with Crippen LogP contribution in [-0.2, 0) is 42.9 Å². The van der Waals surface area contributed by atoms with Crippen LogP contribution in [0.15, 0.2) is 0 Å². The average molecular weight is 348 g/mol. The van der Waals surface area contributed by atoms with E-state index in [0.717, 1.165) is 0 Å². The van der Waals surface area contributed by atoms with Crippen LogP contribution in [0.1, 0.15) is 34.6 Å². The lowest BCUT2D eigenvalue weighted by Crippen LogP contribution is -2.51. The van der Waals surface area contributed by atoms with Crippen molar-refractivity contribution in [2.75, 3.05) is 13.7 Å². The van der Waals surface area contributed by atoms with Gasteiger partial charge < -0.3 is 23.7 Å². The Kier molecular flexibility index (Phi) is 9.63. The second-order valence-corrected chi connectivity index (χ2v) is 5.04. The lowest BCUT2D eigenvalue weighted by Gasteiger charge is -2.33. The van der Waals surface area contributed by atoms with E-state index in [4.69, 9.17) is 23.7 Å². The van der Waals surface area contributed by atoms with E-state index in [1.165, 1.54) is 41.7 Å². The van der Waals surface area contributed by atoms with E-state index in [1.807, 2.05) is 0 Å². The van der Waals surface area contributed by atoms with Gasteiger partial charge in [0.05, 0.1) is 0 Å². The van der Waals surface area contributed by atoms with Gasteiger partial charge in [-0.2, -0.15) is 0 Å². The largest absolute Gasteiger partial charge is 0.462 e. The number of ether oxygens (including phenoxy) is 5. The maximum atomic E-state index is 11.4. The lowest BCUT2D eigenvalue weighted by atomic mass is 10.0. The number of methoxy groups -OCH3 is 1. The first-order valence-electron chi connectivity index (χ1n) is 7.26. The first-order chi connectivity index (χ1) is 11.1. The zero-order valence-electron chi connectivity index (χ0n) is 14.7. The van der Waals surface area contributed by atoms with Gasteiger partial charge in [0.25, 0.3) is 0 Å². The van der Waals surface area contributed by atoms with Gasteiger partial charge in [0.2, 0.25) is 0 Å². The molecule has 4 atom stereocenters. The van der Waals surface area contributed by atoms with Crippen molar-refractivity contribution in [2.45, 2.75) is 59.0 Å². The maximum Gasteiger partial charge on any atom is 0.303 e. The lowest BCUT2D eigenvalue weighted by molar-refractivity contribution is -0.194. The summed E-state index contributed by atoms with van der Waals surface area (Å²) in [6, 6.07) is 0. The molecule has 0 rings (SSSR count). The fourth-order valence-electron chi connectivity index (χ4n) is 2.06. The molecule has 0 aromatic rings. The Bertz CT molecular complexity index is 460. The van der Waals surface area contributed by atoms with Crippen LogP contribution < -0.4 is 0 Å². The molecule has 0 unspecified atom stereocenters. The zero-order chi connectivity index (χ0) is 18.9. The number of esters is 4. The highest BCUT2D eigenvalue weighted by Crippen LogP contribution is 2.18. The van der Waals surface area contributed by atoms with E-state index in [0.29, 0.717) is 0 Å². The van der Waals surface area contributed by atoms with Crippen molar-refractivity contribution in [3.05, 3.63) is 0 Å². The minimum Gasteiger partial charge on any atom is -0.462 e. The zero-order valence-corrected chi connectivity index (χ0v) is 14.7. The Hall–Kier alpha value is -2.16. The van der Waals surface area contributed by atoms with Crippen LogP contribution in [-0.4, -0.2) is 62.0 Å². The molecule has 0 N–H and O–H groups in total. The molecule has 0 aliphatic rings. The molecule has 0 saturated heterocycles. The van der Waals surface area contributed by atoms with Crippen LogP contribution in [0.5, 0.6) is 0 Å². The quantitative estimate of drug-likeness (QED) is 0.431. The van der Waals surface area contributed by atoms with Crippen molar-refractivity contribution in [1.82, 2.24) is 0 Å². The van der Waals surface area contributed by atoms with Gasteiger partial charge in [0.15, 0.2) is 12.2 Å².